The summed E-state index contributed by atoms with van der Waals surface area (Å²) in [4.78, 5) is 11.1. The van der Waals surface area contributed by atoms with E-state index >= 15 is 0 Å². The first-order chi connectivity index (χ1) is 9.77. The molecule has 0 aromatic heterocycles. The molecule has 116 valence electrons. The third-order valence-electron chi connectivity index (χ3n) is 3.58. The molecule has 1 fully saturated rings. The zero-order chi connectivity index (χ0) is 15.7. The van der Waals surface area contributed by atoms with E-state index in [0.29, 0.717) is 13.2 Å². The van der Waals surface area contributed by atoms with Gasteiger partial charge >= 0.3 is 5.97 Å². The maximum absolute atomic E-state index is 12.2. The first-order valence-corrected chi connectivity index (χ1v) is 8.25. The maximum Gasteiger partial charge on any atom is 0.339 e. The number of carboxylic acid groups (broad SMARTS) is 1. The van der Waals surface area contributed by atoms with Gasteiger partial charge in [-0.3, -0.25) is 0 Å². The highest BCUT2D eigenvalue weighted by molar-refractivity contribution is 7.89. The van der Waals surface area contributed by atoms with Crippen molar-refractivity contribution in [2.24, 2.45) is 5.41 Å². The second kappa shape index (κ2) is 5.65. The van der Waals surface area contributed by atoms with Crippen molar-refractivity contribution in [2.75, 3.05) is 13.2 Å². The number of ether oxygens (including phenoxy) is 1. The van der Waals surface area contributed by atoms with Crippen LogP contribution in [0.1, 0.15) is 37.0 Å². The predicted molar refractivity (Wildman–Crippen MR) is 77.1 cm³/mol. The minimum atomic E-state index is -3.71. The SMILES string of the molecule is CCOc1ccc(S(=O)(=O)NCC2(C)CC2)cc1C(=O)O. The van der Waals surface area contributed by atoms with Gasteiger partial charge in [-0.1, -0.05) is 6.92 Å². The van der Waals surface area contributed by atoms with Crippen LogP contribution in [0.4, 0.5) is 0 Å². The van der Waals surface area contributed by atoms with Gasteiger partial charge < -0.3 is 9.84 Å². The first-order valence-electron chi connectivity index (χ1n) is 6.77. The number of sulfonamides is 1. The van der Waals surface area contributed by atoms with Gasteiger partial charge in [-0.15, -0.1) is 0 Å². The van der Waals surface area contributed by atoms with Gasteiger partial charge in [0.1, 0.15) is 11.3 Å². The topological polar surface area (TPSA) is 92.7 Å². The molecule has 21 heavy (non-hydrogen) atoms. The zero-order valence-electron chi connectivity index (χ0n) is 12.0. The molecule has 0 unspecified atom stereocenters. The molecular formula is C14H19NO5S. The predicted octanol–water partition coefficient (Wildman–Crippen LogP) is 1.86. The molecule has 7 heteroatoms. The highest BCUT2D eigenvalue weighted by Crippen LogP contribution is 2.44. The number of hydrogen-bond donors (Lipinski definition) is 2. The molecule has 1 aromatic carbocycles. The molecular weight excluding hydrogens is 294 g/mol. The number of carbonyl (C=O) groups is 1. The lowest BCUT2D eigenvalue weighted by molar-refractivity contribution is 0.0692. The van der Waals surface area contributed by atoms with Crippen molar-refractivity contribution < 1.29 is 23.1 Å². The van der Waals surface area contributed by atoms with Crippen LogP contribution in [0.25, 0.3) is 0 Å². The minimum absolute atomic E-state index is 0.0357. The van der Waals surface area contributed by atoms with E-state index in [1.54, 1.807) is 6.92 Å². The average Bonchev–Trinajstić information content (AvgIpc) is 3.16. The molecule has 1 aliphatic rings. The molecule has 0 bridgehead atoms. The summed E-state index contributed by atoms with van der Waals surface area (Å²) in [6, 6.07) is 3.86. The lowest BCUT2D eigenvalue weighted by Gasteiger charge is -2.13. The van der Waals surface area contributed by atoms with Gasteiger partial charge in [-0.25, -0.2) is 17.9 Å². The number of nitrogens with one attached hydrogen (secondary N) is 1. The number of hydrogen-bond acceptors (Lipinski definition) is 4. The highest BCUT2D eigenvalue weighted by Gasteiger charge is 2.38. The summed E-state index contributed by atoms with van der Waals surface area (Å²) in [5.41, 5.74) is -0.120. The monoisotopic (exact) mass is 313 g/mol. The first kappa shape index (κ1) is 15.8. The Balaban J connectivity index is 2.26. The van der Waals surface area contributed by atoms with E-state index in [2.05, 4.69) is 4.72 Å². The van der Waals surface area contributed by atoms with Gasteiger partial charge in [-0.2, -0.15) is 0 Å². The van der Waals surface area contributed by atoms with Gasteiger partial charge in [0.25, 0.3) is 0 Å². The van der Waals surface area contributed by atoms with Crippen LogP contribution in [0.5, 0.6) is 5.75 Å². The Morgan fingerprint density at radius 2 is 2.10 bits per heavy atom. The lowest BCUT2D eigenvalue weighted by atomic mass is 10.2. The normalized spacial score (nSPS) is 16.5. The van der Waals surface area contributed by atoms with Crippen molar-refractivity contribution in [1.29, 1.82) is 0 Å². The Labute approximate surface area is 124 Å². The summed E-state index contributed by atoms with van der Waals surface area (Å²) in [7, 11) is -3.71. The zero-order valence-corrected chi connectivity index (χ0v) is 12.9. The van der Waals surface area contributed by atoms with E-state index in [1.807, 2.05) is 6.92 Å². The van der Waals surface area contributed by atoms with Crippen LogP contribution in [0.15, 0.2) is 23.1 Å². The smallest absolute Gasteiger partial charge is 0.339 e. The quantitative estimate of drug-likeness (QED) is 0.801. The molecule has 2 rings (SSSR count). The van der Waals surface area contributed by atoms with E-state index in [4.69, 9.17) is 9.84 Å². The van der Waals surface area contributed by atoms with Crippen molar-refractivity contribution in [3.05, 3.63) is 23.8 Å². The van der Waals surface area contributed by atoms with E-state index in [9.17, 15) is 13.2 Å². The molecule has 1 aromatic rings. The molecule has 1 aliphatic carbocycles. The van der Waals surface area contributed by atoms with Crippen LogP contribution in [-0.4, -0.2) is 32.6 Å². The Morgan fingerprint density at radius 3 is 2.62 bits per heavy atom. The third kappa shape index (κ3) is 3.74. The fourth-order valence-corrected chi connectivity index (χ4v) is 3.09. The second-order valence-corrected chi connectivity index (χ2v) is 7.30. The van der Waals surface area contributed by atoms with Crippen LogP contribution in [0.3, 0.4) is 0 Å². The van der Waals surface area contributed by atoms with Crippen molar-refractivity contribution in [3.8, 4) is 5.75 Å². The van der Waals surface area contributed by atoms with E-state index in [1.165, 1.54) is 12.1 Å². The molecule has 0 aliphatic heterocycles. The molecule has 0 radical (unpaired) electrons. The van der Waals surface area contributed by atoms with Crippen molar-refractivity contribution in [3.63, 3.8) is 0 Å². The molecule has 0 heterocycles. The number of aromatic carboxylic acids is 1. The summed E-state index contributed by atoms with van der Waals surface area (Å²) in [5.74, 6) is -1.05. The summed E-state index contributed by atoms with van der Waals surface area (Å²) in [5, 5.41) is 9.16. The molecule has 1 saturated carbocycles. The van der Waals surface area contributed by atoms with E-state index < -0.39 is 16.0 Å². The van der Waals surface area contributed by atoms with Gasteiger partial charge in [-0.05, 0) is 43.4 Å². The standard InChI is InChI=1S/C14H19NO5S/c1-3-20-12-5-4-10(8-11(12)13(16)17)21(18,19)15-9-14(2)6-7-14/h4-5,8,15H,3,6-7,9H2,1-2H3,(H,16,17). The molecule has 0 spiro atoms. The summed E-state index contributed by atoms with van der Waals surface area (Å²) < 4.78 is 32.1. The molecule has 6 nitrogen and oxygen atoms in total. The summed E-state index contributed by atoms with van der Waals surface area (Å²) in [6.07, 6.45) is 2.00. The number of rotatable bonds is 7. The minimum Gasteiger partial charge on any atom is -0.493 e. The largest absolute Gasteiger partial charge is 0.493 e. The van der Waals surface area contributed by atoms with Gasteiger partial charge in [0.15, 0.2) is 0 Å². The van der Waals surface area contributed by atoms with Crippen LogP contribution in [0.2, 0.25) is 0 Å². The summed E-state index contributed by atoms with van der Waals surface area (Å²) >= 11 is 0. The highest BCUT2D eigenvalue weighted by atomic mass is 32.2. The Kier molecular flexibility index (Phi) is 4.25. The molecule has 2 N–H and O–H groups in total. The van der Waals surface area contributed by atoms with E-state index in [0.717, 1.165) is 18.9 Å². The van der Waals surface area contributed by atoms with Crippen molar-refractivity contribution >= 4 is 16.0 Å². The fraction of sp³-hybridized carbons (Fsp3) is 0.500. The lowest BCUT2D eigenvalue weighted by Crippen LogP contribution is -2.29. The Bertz CT molecular complexity index is 649. The third-order valence-corrected chi connectivity index (χ3v) is 4.98. The van der Waals surface area contributed by atoms with Crippen molar-refractivity contribution in [2.45, 2.75) is 31.6 Å². The molecule has 0 amide bonds. The number of benzene rings is 1. The van der Waals surface area contributed by atoms with Gasteiger partial charge in [0.2, 0.25) is 10.0 Å². The Hall–Kier alpha value is -1.60. The average molecular weight is 313 g/mol. The van der Waals surface area contributed by atoms with Crippen molar-refractivity contribution in [1.82, 2.24) is 4.72 Å². The van der Waals surface area contributed by atoms with Crippen LogP contribution >= 0.6 is 0 Å². The molecule has 0 saturated heterocycles. The van der Waals surface area contributed by atoms with E-state index in [-0.39, 0.29) is 21.6 Å². The maximum atomic E-state index is 12.2. The van der Waals surface area contributed by atoms with Crippen LogP contribution in [-0.2, 0) is 10.0 Å². The Morgan fingerprint density at radius 1 is 1.43 bits per heavy atom. The van der Waals surface area contributed by atoms with Crippen LogP contribution in [0, 0.1) is 5.41 Å². The van der Waals surface area contributed by atoms with Crippen LogP contribution < -0.4 is 9.46 Å². The fourth-order valence-electron chi connectivity index (χ4n) is 1.87. The second-order valence-electron chi connectivity index (χ2n) is 5.53. The molecule has 0 atom stereocenters. The number of carboxylic acids is 1. The van der Waals surface area contributed by atoms with Gasteiger partial charge in [0, 0.05) is 6.54 Å². The van der Waals surface area contributed by atoms with Gasteiger partial charge in [0.05, 0.1) is 11.5 Å². The summed E-state index contributed by atoms with van der Waals surface area (Å²) in [6.45, 7) is 4.42.